The van der Waals surface area contributed by atoms with E-state index in [4.69, 9.17) is 14.6 Å². The molecule has 118 valence electrons. The quantitative estimate of drug-likeness (QED) is 0.722. The highest BCUT2D eigenvalue weighted by Crippen LogP contribution is 2.20. The molecule has 8 nitrogen and oxygen atoms in total. The Morgan fingerprint density at radius 2 is 2.33 bits per heavy atom. The number of nitrogens with zero attached hydrogens (tertiary/aromatic N) is 1. The highest BCUT2D eigenvalue weighted by Gasteiger charge is 2.29. The second kappa shape index (κ2) is 6.54. The molecule has 1 aliphatic rings. The fraction of sp³-hybridized carbons (Fsp3) is 0.667. The number of sulfonamides is 1. The van der Waals surface area contributed by atoms with Crippen LogP contribution in [0.3, 0.4) is 0 Å². The molecule has 21 heavy (non-hydrogen) atoms. The summed E-state index contributed by atoms with van der Waals surface area (Å²) >= 11 is 0. The Bertz CT molecular complexity index is 604. The number of aromatic nitrogens is 2. The maximum absolute atomic E-state index is 12.0. The predicted octanol–water partition coefficient (Wildman–Crippen LogP) is 0.203. The van der Waals surface area contributed by atoms with E-state index in [1.165, 1.54) is 0 Å². The molecule has 1 fully saturated rings. The van der Waals surface area contributed by atoms with Crippen LogP contribution in [0.5, 0.6) is 0 Å². The fourth-order valence-electron chi connectivity index (χ4n) is 2.21. The third kappa shape index (κ3) is 3.80. The molecule has 0 saturated carbocycles. The number of aromatic amines is 1. The summed E-state index contributed by atoms with van der Waals surface area (Å²) in [6.07, 6.45) is 1.94. The van der Waals surface area contributed by atoms with Crippen molar-refractivity contribution in [1.29, 1.82) is 0 Å². The molecule has 1 unspecified atom stereocenters. The van der Waals surface area contributed by atoms with Crippen LogP contribution >= 0.6 is 0 Å². The zero-order valence-electron chi connectivity index (χ0n) is 11.8. The standard InChI is InChI=1S/C12H19N3O5S/c1-2-3-9-11(21(13,17)18)10(15-14-9)12(16)20-7-8-4-5-19-6-8/h8H,2-7H2,1H3,(H,14,15)(H2,13,17,18). The lowest BCUT2D eigenvalue weighted by atomic mass is 10.1. The van der Waals surface area contributed by atoms with E-state index in [1.54, 1.807) is 0 Å². The number of ether oxygens (including phenoxy) is 2. The van der Waals surface area contributed by atoms with E-state index in [-0.39, 0.29) is 23.1 Å². The summed E-state index contributed by atoms with van der Waals surface area (Å²) < 4.78 is 33.6. The highest BCUT2D eigenvalue weighted by molar-refractivity contribution is 7.89. The van der Waals surface area contributed by atoms with Crippen molar-refractivity contribution >= 4 is 16.0 Å². The minimum atomic E-state index is -4.04. The van der Waals surface area contributed by atoms with Gasteiger partial charge in [0.05, 0.1) is 18.9 Å². The molecule has 0 aliphatic carbocycles. The number of hydrogen-bond donors (Lipinski definition) is 2. The number of rotatable bonds is 6. The molecule has 0 amide bonds. The minimum absolute atomic E-state index is 0.140. The molecule has 1 saturated heterocycles. The third-order valence-corrected chi connectivity index (χ3v) is 4.25. The molecule has 0 radical (unpaired) electrons. The minimum Gasteiger partial charge on any atom is -0.460 e. The Morgan fingerprint density at radius 3 is 2.90 bits per heavy atom. The lowest BCUT2D eigenvalue weighted by molar-refractivity contribution is 0.0417. The second-order valence-corrected chi connectivity index (χ2v) is 6.50. The van der Waals surface area contributed by atoms with Crippen molar-refractivity contribution in [3.63, 3.8) is 0 Å². The molecule has 1 aromatic heterocycles. The van der Waals surface area contributed by atoms with E-state index >= 15 is 0 Å². The van der Waals surface area contributed by atoms with Crippen LogP contribution in [-0.2, 0) is 25.9 Å². The van der Waals surface area contributed by atoms with E-state index in [1.807, 2.05) is 6.92 Å². The Labute approximate surface area is 123 Å². The van der Waals surface area contributed by atoms with Gasteiger partial charge in [0.2, 0.25) is 10.0 Å². The van der Waals surface area contributed by atoms with Gasteiger partial charge in [0, 0.05) is 12.5 Å². The number of carbonyl (C=O) groups is 1. The largest absolute Gasteiger partial charge is 0.460 e. The van der Waals surface area contributed by atoms with E-state index in [0.717, 1.165) is 6.42 Å². The first kappa shape index (κ1) is 15.9. The summed E-state index contributed by atoms with van der Waals surface area (Å²) in [5.41, 5.74) is 0.0519. The van der Waals surface area contributed by atoms with Gasteiger partial charge in [-0.1, -0.05) is 13.3 Å². The van der Waals surface area contributed by atoms with Crippen LogP contribution in [0, 0.1) is 5.92 Å². The van der Waals surface area contributed by atoms with Gasteiger partial charge in [0.15, 0.2) is 5.69 Å². The van der Waals surface area contributed by atoms with Gasteiger partial charge in [-0.05, 0) is 12.8 Å². The third-order valence-electron chi connectivity index (χ3n) is 3.24. The molecular formula is C12H19N3O5S. The van der Waals surface area contributed by atoms with Gasteiger partial charge in [-0.2, -0.15) is 5.10 Å². The van der Waals surface area contributed by atoms with Crippen molar-refractivity contribution in [2.75, 3.05) is 19.8 Å². The number of hydrogen-bond acceptors (Lipinski definition) is 6. The van der Waals surface area contributed by atoms with Crippen LogP contribution in [0.4, 0.5) is 0 Å². The smallest absolute Gasteiger partial charge is 0.360 e. The normalized spacial score (nSPS) is 18.9. The molecule has 2 heterocycles. The van der Waals surface area contributed by atoms with Crippen molar-refractivity contribution in [2.45, 2.75) is 31.1 Å². The number of nitrogens with one attached hydrogen (secondary N) is 1. The van der Waals surface area contributed by atoms with Gasteiger partial charge in [-0.3, -0.25) is 5.10 Å². The fourth-order valence-corrected chi connectivity index (χ4v) is 3.10. The number of nitrogens with two attached hydrogens (primary N) is 1. The topological polar surface area (TPSA) is 124 Å². The van der Waals surface area contributed by atoms with E-state index in [9.17, 15) is 13.2 Å². The van der Waals surface area contributed by atoms with Crippen LogP contribution in [0.25, 0.3) is 0 Å². The average molecular weight is 317 g/mol. The van der Waals surface area contributed by atoms with Crippen LogP contribution in [0.15, 0.2) is 4.90 Å². The van der Waals surface area contributed by atoms with Crippen LogP contribution in [0.2, 0.25) is 0 Å². The first-order valence-corrected chi connectivity index (χ1v) is 8.33. The SMILES string of the molecule is CCCc1[nH]nc(C(=O)OCC2CCOC2)c1S(N)(=O)=O. The van der Waals surface area contributed by atoms with Crippen molar-refractivity contribution in [2.24, 2.45) is 11.1 Å². The molecular weight excluding hydrogens is 298 g/mol. The van der Waals surface area contributed by atoms with Crippen molar-refractivity contribution in [3.05, 3.63) is 11.4 Å². The molecule has 1 aliphatic heterocycles. The number of aryl methyl sites for hydroxylation is 1. The van der Waals surface area contributed by atoms with Gasteiger partial charge >= 0.3 is 5.97 Å². The average Bonchev–Trinajstić information content (AvgIpc) is 3.04. The Balaban J connectivity index is 2.16. The summed E-state index contributed by atoms with van der Waals surface area (Å²) in [7, 11) is -4.04. The molecule has 0 aromatic carbocycles. The maximum Gasteiger partial charge on any atom is 0.360 e. The van der Waals surface area contributed by atoms with Gasteiger partial charge in [0.1, 0.15) is 4.90 Å². The highest BCUT2D eigenvalue weighted by atomic mass is 32.2. The molecule has 1 aromatic rings. The molecule has 9 heteroatoms. The molecule has 3 N–H and O–H groups in total. The second-order valence-electron chi connectivity index (χ2n) is 5.00. The van der Waals surface area contributed by atoms with E-state index < -0.39 is 16.0 Å². The van der Waals surface area contributed by atoms with E-state index in [0.29, 0.717) is 31.7 Å². The zero-order valence-corrected chi connectivity index (χ0v) is 12.6. The van der Waals surface area contributed by atoms with Crippen LogP contribution < -0.4 is 5.14 Å². The summed E-state index contributed by atoms with van der Waals surface area (Å²) in [5.74, 6) is -0.648. The number of H-pyrrole nitrogens is 1. The molecule has 1 atom stereocenters. The number of esters is 1. The molecule has 2 rings (SSSR count). The summed E-state index contributed by atoms with van der Waals surface area (Å²) in [6, 6.07) is 0. The lowest BCUT2D eigenvalue weighted by Gasteiger charge is -2.08. The first-order valence-electron chi connectivity index (χ1n) is 6.78. The number of carbonyl (C=O) groups excluding carboxylic acids is 1. The van der Waals surface area contributed by atoms with Gasteiger partial charge in [0.25, 0.3) is 0 Å². The van der Waals surface area contributed by atoms with Gasteiger partial charge in [-0.25, -0.2) is 18.4 Å². The zero-order chi connectivity index (χ0) is 15.5. The molecule has 0 spiro atoms. The van der Waals surface area contributed by atoms with Gasteiger partial charge in [-0.15, -0.1) is 0 Å². The summed E-state index contributed by atoms with van der Waals surface area (Å²) in [5, 5.41) is 11.5. The van der Waals surface area contributed by atoms with Crippen molar-refractivity contribution in [1.82, 2.24) is 10.2 Å². The first-order chi connectivity index (χ1) is 9.93. The van der Waals surface area contributed by atoms with E-state index in [2.05, 4.69) is 10.2 Å². The lowest BCUT2D eigenvalue weighted by Crippen LogP contribution is -2.20. The van der Waals surface area contributed by atoms with Crippen molar-refractivity contribution in [3.8, 4) is 0 Å². The Morgan fingerprint density at radius 1 is 1.57 bits per heavy atom. The van der Waals surface area contributed by atoms with Crippen LogP contribution in [0.1, 0.15) is 35.9 Å². The molecule has 0 bridgehead atoms. The van der Waals surface area contributed by atoms with Gasteiger partial charge < -0.3 is 9.47 Å². The van der Waals surface area contributed by atoms with Crippen LogP contribution in [-0.4, -0.2) is 44.4 Å². The summed E-state index contributed by atoms with van der Waals surface area (Å²) in [6.45, 7) is 3.25. The monoisotopic (exact) mass is 317 g/mol. The maximum atomic E-state index is 12.0. The Kier molecular flexibility index (Phi) is 4.96. The Hall–Kier alpha value is -1.45. The van der Waals surface area contributed by atoms with Crippen molar-refractivity contribution < 1.29 is 22.7 Å². The summed E-state index contributed by atoms with van der Waals surface area (Å²) in [4.78, 5) is 11.8. The number of primary sulfonamides is 1. The predicted molar refractivity (Wildman–Crippen MR) is 73.2 cm³/mol.